The average molecular weight is 387 g/mol. The van der Waals surface area contributed by atoms with E-state index in [2.05, 4.69) is 5.32 Å². The molecular weight excluding hydrogens is 366 g/mol. The van der Waals surface area contributed by atoms with Gasteiger partial charge < -0.3 is 14.8 Å². The molecular formula is C20H21NO5S. The molecule has 0 unspecified atom stereocenters. The number of rotatable bonds is 7. The summed E-state index contributed by atoms with van der Waals surface area (Å²) >= 11 is 1.07. The summed E-state index contributed by atoms with van der Waals surface area (Å²) < 4.78 is 10.3. The third-order valence-corrected chi connectivity index (χ3v) is 5.04. The fraction of sp³-hybridized carbons (Fsp3) is 0.250. The van der Waals surface area contributed by atoms with Crippen molar-refractivity contribution in [3.05, 3.63) is 51.9 Å². The molecule has 0 aliphatic heterocycles. The van der Waals surface area contributed by atoms with Crippen molar-refractivity contribution in [1.29, 1.82) is 0 Å². The van der Waals surface area contributed by atoms with Gasteiger partial charge in [-0.25, -0.2) is 4.79 Å². The lowest BCUT2D eigenvalue weighted by molar-refractivity contribution is -0.111. The first kappa shape index (κ1) is 20.4. The van der Waals surface area contributed by atoms with Crippen molar-refractivity contribution in [2.75, 3.05) is 19.0 Å². The Morgan fingerprint density at radius 3 is 2.56 bits per heavy atom. The minimum absolute atomic E-state index is 0.173. The number of para-hydroxylation sites is 1. The van der Waals surface area contributed by atoms with Crippen LogP contribution in [0.4, 0.5) is 5.00 Å². The molecule has 0 saturated carbocycles. The van der Waals surface area contributed by atoms with Gasteiger partial charge >= 0.3 is 5.97 Å². The highest BCUT2D eigenvalue weighted by molar-refractivity contribution is 7.18. The van der Waals surface area contributed by atoms with Gasteiger partial charge in [0.05, 0.1) is 24.2 Å². The number of amides is 1. The number of anilines is 1. The molecule has 1 heterocycles. The Kier molecular flexibility index (Phi) is 6.90. The second-order valence-corrected chi connectivity index (χ2v) is 6.62. The van der Waals surface area contributed by atoms with Crippen LogP contribution >= 0.6 is 11.3 Å². The average Bonchev–Trinajstić information content (AvgIpc) is 2.96. The van der Waals surface area contributed by atoms with Crippen molar-refractivity contribution in [2.24, 2.45) is 0 Å². The van der Waals surface area contributed by atoms with E-state index in [4.69, 9.17) is 9.47 Å². The Morgan fingerprint density at radius 1 is 1.22 bits per heavy atom. The number of hydrogen-bond donors (Lipinski definition) is 1. The van der Waals surface area contributed by atoms with Crippen LogP contribution in [0.2, 0.25) is 0 Å². The first-order valence-corrected chi connectivity index (χ1v) is 9.14. The van der Waals surface area contributed by atoms with Crippen LogP contribution in [-0.4, -0.2) is 31.4 Å². The van der Waals surface area contributed by atoms with Gasteiger partial charge in [0.25, 0.3) is 0 Å². The first-order chi connectivity index (χ1) is 12.9. The highest BCUT2D eigenvalue weighted by Crippen LogP contribution is 2.34. The zero-order valence-corrected chi connectivity index (χ0v) is 16.4. The maximum absolute atomic E-state index is 12.3. The number of carbonyl (C=O) groups is 3. The number of ketones is 1. The topological polar surface area (TPSA) is 81.7 Å². The van der Waals surface area contributed by atoms with Gasteiger partial charge in [-0.05, 0) is 38.5 Å². The van der Waals surface area contributed by atoms with E-state index in [1.54, 1.807) is 33.1 Å². The van der Waals surface area contributed by atoms with Crippen LogP contribution in [0, 0.1) is 6.92 Å². The third kappa shape index (κ3) is 4.83. The molecule has 0 atom stereocenters. The number of methoxy groups -OCH3 is 1. The van der Waals surface area contributed by atoms with E-state index >= 15 is 0 Å². The maximum atomic E-state index is 12.3. The summed E-state index contributed by atoms with van der Waals surface area (Å²) in [5.41, 5.74) is 1.47. The van der Waals surface area contributed by atoms with Crippen molar-refractivity contribution >= 4 is 40.1 Å². The van der Waals surface area contributed by atoms with Gasteiger partial charge in [0.15, 0.2) is 5.78 Å². The molecule has 1 amide bonds. The number of Topliss-reactive ketones (excluding diaryl/α,β-unsaturated/α-hetero) is 1. The second-order valence-electron chi connectivity index (χ2n) is 5.60. The molecule has 0 spiro atoms. The number of carbonyl (C=O) groups excluding carboxylic acids is 3. The van der Waals surface area contributed by atoms with Gasteiger partial charge in [-0.2, -0.15) is 0 Å². The second kappa shape index (κ2) is 9.14. The minimum atomic E-state index is -0.567. The molecule has 0 saturated heterocycles. The minimum Gasteiger partial charge on any atom is -0.496 e. The van der Waals surface area contributed by atoms with Gasteiger partial charge in [-0.3, -0.25) is 9.59 Å². The lowest BCUT2D eigenvalue weighted by atomic mass is 10.1. The van der Waals surface area contributed by atoms with Gasteiger partial charge in [-0.1, -0.05) is 18.2 Å². The Balaban J connectivity index is 2.29. The summed E-state index contributed by atoms with van der Waals surface area (Å²) in [6.45, 7) is 4.98. The monoisotopic (exact) mass is 387 g/mol. The standard InChI is InChI=1S/C20H21NO5S/c1-5-26-20(24)17-12(2)18(13(3)22)27-19(17)21-16(23)11-10-14-8-6-7-9-15(14)25-4/h6-11H,5H2,1-4H3,(H,21,23)/b11-10+. The van der Waals surface area contributed by atoms with Crippen LogP contribution in [0.15, 0.2) is 30.3 Å². The van der Waals surface area contributed by atoms with Gasteiger partial charge in [0.1, 0.15) is 10.8 Å². The van der Waals surface area contributed by atoms with Crippen molar-refractivity contribution in [3.8, 4) is 5.75 Å². The predicted octanol–water partition coefficient (Wildman–Crippen LogP) is 4.10. The smallest absolute Gasteiger partial charge is 0.341 e. The molecule has 142 valence electrons. The molecule has 0 aliphatic rings. The van der Waals surface area contributed by atoms with E-state index in [1.165, 1.54) is 13.0 Å². The first-order valence-electron chi connectivity index (χ1n) is 8.32. The summed E-state index contributed by atoms with van der Waals surface area (Å²) in [6.07, 6.45) is 2.96. The van der Waals surface area contributed by atoms with Crippen LogP contribution in [-0.2, 0) is 9.53 Å². The third-order valence-electron chi connectivity index (χ3n) is 3.74. The van der Waals surface area contributed by atoms with E-state index in [0.29, 0.717) is 21.2 Å². The fourth-order valence-electron chi connectivity index (χ4n) is 2.51. The molecule has 1 aromatic heterocycles. The van der Waals surface area contributed by atoms with Crippen LogP contribution in [0.25, 0.3) is 6.08 Å². The highest BCUT2D eigenvalue weighted by Gasteiger charge is 2.24. The molecule has 0 radical (unpaired) electrons. The zero-order chi connectivity index (χ0) is 20.0. The van der Waals surface area contributed by atoms with Gasteiger partial charge in [0.2, 0.25) is 5.91 Å². The number of ether oxygens (including phenoxy) is 2. The van der Waals surface area contributed by atoms with Crippen molar-refractivity contribution in [2.45, 2.75) is 20.8 Å². The van der Waals surface area contributed by atoms with E-state index in [-0.39, 0.29) is 18.0 Å². The number of esters is 1. The largest absolute Gasteiger partial charge is 0.496 e. The SMILES string of the molecule is CCOC(=O)c1c(NC(=O)/C=C/c2ccccc2OC)sc(C(C)=O)c1C. The predicted molar refractivity (Wildman–Crippen MR) is 106 cm³/mol. The summed E-state index contributed by atoms with van der Waals surface area (Å²) in [6, 6.07) is 7.27. The fourth-order valence-corrected chi connectivity index (χ4v) is 3.60. The molecule has 27 heavy (non-hydrogen) atoms. The lowest BCUT2D eigenvalue weighted by Gasteiger charge is -2.06. The van der Waals surface area contributed by atoms with E-state index in [9.17, 15) is 14.4 Å². The van der Waals surface area contributed by atoms with Crippen molar-refractivity contribution in [1.82, 2.24) is 0 Å². The van der Waals surface area contributed by atoms with E-state index in [1.807, 2.05) is 18.2 Å². The van der Waals surface area contributed by atoms with E-state index in [0.717, 1.165) is 16.9 Å². The maximum Gasteiger partial charge on any atom is 0.341 e. The summed E-state index contributed by atoms with van der Waals surface area (Å²) in [5.74, 6) is -0.529. The van der Waals surface area contributed by atoms with Gasteiger partial charge in [0, 0.05) is 11.6 Å². The van der Waals surface area contributed by atoms with Crippen LogP contribution in [0.1, 0.15) is 45.0 Å². The lowest BCUT2D eigenvalue weighted by Crippen LogP contribution is -2.12. The quantitative estimate of drug-likeness (QED) is 0.439. The molecule has 0 bridgehead atoms. The number of benzene rings is 1. The molecule has 2 rings (SSSR count). The molecule has 2 aromatic rings. The Labute approximate surface area is 161 Å². The van der Waals surface area contributed by atoms with E-state index < -0.39 is 11.9 Å². The zero-order valence-electron chi connectivity index (χ0n) is 15.6. The van der Waals surface area contributed by atoms with Crippen LogP contribution < -0.4 is 10.1 Å². The number of thiophene rings is 1. The highest BCUT2D eigenvalue weighted by atomic mass is 32.1. The molecule has 6 nitrogen and oxygen atoms in total. The Morgan fingerprint density at radius 2 is 1.93 bits per heavy atom. The molecule has 0 fully saturated rings. The number of hydrogen-bond acceptors (Lipinski definition) is 6. The summed E-state index contributed by atoms with van der Waals surface area (Å²) in [7, 11) is 1.55. The van der Waals surface area contributed by atoms with Crippen LogP contribution in [0.5, 0.6) is 5.75 Å². The summed E-state index contributed by atoms with van der Waals surface area (Å²) in [4.78, 5) is 36.8. The number of nitrogens with one attached hydrogen (secondary N) is 1. The Bertz CT molecular complexity index is 898. The normalized spacial score (nSPS) is 10.7. The van der Waals surface area contributed by atoms with Crippen molar-refractivity contribution in [3.63, 3.8) is 0 Å². The van der Waals surface area contributed by atoms with Crippen LogP contribution in [0.3, 0.4) is 0 Å². The molecule has 1 N–H and O–H groups in total. The Hall–Kier alpha value is -2.93. The molecule has 7 heteroatoms. The van der Waals surface area contributed by atoms with Crippen molar-refractivity contribution < 1.29 is 23.9 Å². The molecule has 1 aromatic carbocycles. The molecule has 0 aliphatic carbocycles. The van der Waals surface area contributed by atoms with Gasteiger partial charge in [-0.15, -0.1) is 11.3 Å². The summed E-state index contributed by atoms with van der Waals surface area (Å²) in [5, 5.41) is 2.97.